The zero-order valence-electron chi connectivity index (χ0n) is 9.67. The van der Waals surface area contributed by atoms with E-state index in [1.807, 2.05) is 13.8 Å². The fourth-order valence-electron chi connectivity index (χ4n) is 2.41. The maximum Gasteiger partial charge on any atom is 0.501 e. The summed E-state index contributed by atoms with van der Waals surface area (Å²) in [5, 5.41) is 10.9. The Bertz CT molecular complexity index is 492. The van der Waals surface area contributed by atoms with E-state index in [0.29, 0.717) is 5.46 Å². The Morgan fingerprint density at radius 3 is 2.47 bits per heavy atom. The zero-order valence-corrected chi connectivity index (χ0v) is 9.67. The molecule has 1 saturated heterocycles. The van der Waals surface area contributed by atoms with Crippen LogP contribution in [-0.2, 0) is 9.31 Å². The summed E-state index contributed by atoms with van der Waals surface area (Å²) < 4.78 is 11.6. The third-order valence-corrected chi connectivity index (χ3v) is 3.79. The molecular weight excluding hydrogens is 221 g/mol. The average molecular weight is 233 g/mol. The lowest BCUT2D eigenvalue weighted by molar-refractivity contribution is -0.383. The monoisotopic (exact) mass is 233 g/mol. The predicted octanol–water partition coefficient (Wildman–Crippen LogP) is 1.26. The van der Waals surface area contributed by atoms with E-state index in [1.54, 1.807) is 18.2 Å². The van der Waals surface area contributed by atoms with E-state index < -0.39 is 12.0 Å². The third kappa shape index (κ3) is 1.41. The predicted molar refractivity (Wildman–Crippen MR) is 62.1 cm³/mol. The van der Waals surface area contributed by atoms with Gasteiger partial charge in [-0.25, -0.2) is 0 Å². The van der Waals surface area contributed by atoms with Crippen molar-refractivity contribution in [2.24, 2.45) is 0 Å². The topological polar surface area (TPSA) is 61.6 Å². The SMILES string of the molecule is CC12CC1(C)OB(c1ccccc1[N+](=O)[O-])O2. The van der Waals surface area contributed by atoms with Crippen molar-refractivity contribution in [3.05, 3.63) is 34.4 Å². The number of para-hydroxylation sites is 1. The molecule has 1 aromatic carbocycles. The highest BCUT2D eigenvalue weighted by Crippen LogP contribution is 2.58. The highest BCUT2D eigenvalue weighted by atomic mass is 16.7. The Kier molecular flexibility index (Phi) is 1.95. The fourth-order valence-corrected chi connectivity index (χ4v) is 2.41. The van der Waals surface area contributed by atoms with Gasteiger partial charge < -0.3 is 9.31 Å². The second-order valence-corrected chi connectivity index (χ2v) is 5.02. The van der Waals surface area contributed by atoms with E-state index in [4.69, 9.17) is 9.31 Å². The van der Waals surface area contributed by atoms with Crippen LogP contribution < -0.4 is 5.46 Å². The molecule has 2 atom stereocenters. The van der Waals surface area contributed by atoms with Gasteiger partial charge in [0.2, 0.25) is 0 Å². The third-order valence-electron chi connectivity index (χ3n) is 3.79. The van der Waals surface area contributed by atoms with Gasteiger partial charge in [-0.05, 0) is 13.8 Å². The highest BCUT2D eigenvalue weighted by molar-refractivity contribution is 6.63. The van der Waals surface area contributed by atoms with E-state index in [0.717, 1.165) is 6.42 Å². The van der Waals surface area contributed by atoms with Crippen LogP contribution in [-0.4, -0.2) is 23.2 Å². The maximum atomic E-state index is 10.9. The van der Waals surface area contributed by atoms with Crippen molar-refractivity contribution in [2.45, 2.75) is 31.5 Å². The number of fused-ring (bicyclic) bond motifs is 1. The number of nitrogens with zero attached hydrogens (tertiary/aromatic N) is 1. The summed E-state index contributed by atoms with van der Waals surface area (Å²) >= 11 is 0. The lowest BCUT2D eigenvalue weighted by Crippen LogP contribution is -2.37. The van der Waals surface area contributed by atoms with Gasteiger partial charge in [0.1, 0.15) is 0 Å². The van der Waals surface area contributed by atoms with Crippen LogP contribution in [0.25, 0.3) is 0 Å². The first-order valence-electron chi connectivity index (χ1n) is 5.54. The Labute approximate surface area is 99.0 Å². The van der Waals surface area contributed by atoms with Crippen molar-refractivity contribution in [1.82, 2.24) is 0 Å². The first-order chi connectivity index (χ1) is 7.95. The molecule has 17 heavy (non-hydrogen) atoms. The minimum absolute atomic E-state index is 0.0472. The number of benzene rings is 1. The lowest BCUT2D eigenvalue weighted by atomic mass is 9.77. The molecule has 1 aliphatic carbocycles. The molecule has 2 fully saturated rings. The second-order valence-electron chi connectivity index (χ2n) is 5.02. The number of rotatable bonds is 2. The van der Waals surface area contributed by atoms with E-state index in [9.17, 15) is 10.1 Å². The Morgan fingerprint density at radius 2 is 1.88 bits per heavy atom. The maximum absolute atomic E-state index is 10.9. The molecule has 88 valence electrons. The summed E-state index contributed by atoms with van der Waals surface area (Å²) in [5.74, 6) is 0. The van der Waals surface area contributed by atoms with Gasteiger partial charge in [0.25, 0.3) is 5.69 Å². The minimum Gasteiger partial charge on any atom is -0.399 e. The molecule has 3 rings (SSSR count). The molecule has 0 amide bonds. The Hall–Kier alpha value is -1.40. The summed E-state index contributed by atoms with van der Waals surface area (Å²) in [6.45, 7) is 3.95. The van der Waals surface area contributed by atoms with Gasteiger partial charge in [-0.15, -0.1) is 0 Å². The van der Waals surface area contributed by atoms with Gasteiger partial charge in [-0.1, -0.05) is 18.2 Å². The summed E-state index contributed by atoms with van der Waals surface area (Å²) in [6, 6.07) is 6.54. The van der Waals surface area contributed by atoms with Crippen LogP contribution in [0.3, 0.4) is 0 Å². The Balaban J connectivity index is 1.94. The molecule has 2 aliphatic rings. The van der Waals surface area contributed by atoms with Gasteiger partial charge in [0.15, 0.2) is 0 Å². The molecule has 1 saturated carbocycles. The van der Waals surface area contributed by atoms with Gasteiger partial charge in [0.05, 0.1) is 21.6 Å². The Morgan fingerprint density at radius 1 is 1.29 bits per heavy atom. The molecule has 2 unspecified atom stereocenters. The van der Waals surface area contributed by atoms with Crippen molar-refractivity contribution in [1.29, 1.82) is 0 Å². The van der Waals surface area contributed by atoms with Crippen molar-refractivity contribution < 1.29 is 14.2 Å². The quantitative estimate of drug-likeness (QED) is 0.438. The summed E-state index contributed by atoms with van der Waals surface area (Å²) in [4.78, 5) is 10.5. The average Bonchev–Trinajstić information content (AvgIpc) is 2.68. The van der Waals surface area contributed by atoms with E-state index in [1.165, 1.54) is 6.07 Å². The van der Waals surface area contributed by atoms with Crippen molar-refractivity contribution in [2.75, 3.05) is 0 Å². The van der Waals surface area contributed by atoms with Crippen LogP contribution >= 0.6 is 0 Å². The largest absolute Gasteiger partial charge is 0.501 e. The molecule has 0 N–H and O–H groups in total. The van der Waals surface area contributed by atoms with Gasteiger partial charge in [-0.3, -0.25) is 10.1 Å². The van der Waals surface area contributed by atoms with Crippen molar-refractivity contribution in [3.8, 4) is 0 Å². The molecule has 0 bridgehead atoms. The second kappa shape index (κ2) is 3.08. The molecule has 1 heterocycles. The molecule has 1 aromatic rings. The summed E-state index contributed by atoms with van der Waals surface area (Å²) in [6.07, 6.45) is 0.844. The van der Waals surface area contributed by atoms with E-state index in [2.05, 4.69) is 0 Å². The number of hydrogen-bond donors (Lipinski definition) is 0. The zero-order chi connectivity index (χ0) is 12.3. The van der Waals surface area contributed by atoms with Gasteiger partial charge in [-0.2, -0.15) is 0 Å². The normalized spacial score (nSPS) is 34.6. The number of nitro benzene ring substituents is 1. The smallest absolute Gasteiger partial charge is 0.399 e. The standard InChI is InChI=1S/C11H12BNO4/c1-10-7-11(10,2)17-12(16-10)8-5-3-4-6-9(8)13(14)15/h3-6H,7H2,1-2H3. The van der Waals surface area contributed by atoms with E-state index in [-0.39, 0.29) is 16.9 Å². The van der Waals surface area contributed by atoms with E-state index >= 15 is 0 Å². The molecule has 0 aromatic heterocycles. The van der Waals surface area contributed by atoms with Gasteiger partial charge >= 0.3 is 7.12 Å². The first-order valence-corrected chi connectivity index (χ1v) is 5.54. The number of nitro groups is 1. The molecular formula is C11H12BNO4. The van der Waals surface area contributed by atoms with Crippen LogP contribution in [0.2, 0.25) is 0 Å². The number of hydrogen-bond acceptors (Lipinski definition) is 4. The fraction of sp³-hybridized carbons (Fsp3) is 0.455. The van der Waals surface area contributed by atoms with Crippen LogP contribution in [0.1, 0.15) is 20.3 Å². The highest BCUT2D eigenvalue weighted by Gasteiger charge is 2.71. The van der Waals surface area contributed by atoms with Crippen LogP contribution in [0.5, 0.6) is 0 Å². The molecule has 0 spiro atoms. The van der Waals surface area contributed by atoms with Crippen LogP contribution in [0, 0.1) is 10.1 Å². The molecule has 0 radical (unpaired) electrons. The molecule has 6 heteroatoms. The summed E-state index contributed by atoms with van der Waals surface area (Å²) in [7, 11) is -0.625. The molecule has 1 aliphatic heterocycles. The first kappa shape index (κ1) is 10.7. The van der Waals surface area contributed by atoms with Crippen molar-refractivity contribution in [3.63, 3.8) is 0 Å². The lowest BCUT2D eigenvalue weighted by Gasteiger charge is -2.10. The minimum atomic E-state index is -0.625. The van der Waals surface area contributed by atoms with Crippen molar-refractivity contribution >= 4 is 18.3 Å². The van der Waals surface area contributed by atoms with Crippen LogP contribution in [0.15, 0.2) is 24.3 Å². The summed E-state index contributed by atoms with van der Waals surface area (Å²) in [5.41, 5.74) is -0.0406. The molecule has 5 nitrogen and oxygen atoms in total. The van der Waals surface area contributed by atoms with Gasteiger partial charge in [0, 0.05) is 12.5 Å². The van der Waals surface area contributed by atoms with Crippen LogP contribution in [0.4, 0.5) is 5.69 Å².